The van der Waals surface area contributed by atoms with Crippen LogP contribution in [-0.4, -0.2) is 18.6 Å². The van der Waals surface area contributed by atoms with E-state index >= 15 is 0 Å². The van der Waals surface area contributed by atoms with Crippen molar-refractivity contribution in [2.45, 2.75) is 19.0 Å². The number of benzene rings is 2. The second-order valence-electron chi connectivity index (χ2n) is 5.63. The first-order valence-electron chi connectivity index (χ1n) is 7.55. The number of fused-ring (bicyclic) bond motifs is 1. The third-order valence-electron chi connectivity index (χ3n) is 3.84. The first kappa shape index (κ1) is 16.3. The lowest BCUT2D eigenvalue weighted by Crippen LogP contribution is -2.19. The van der Waals surface area contributed by atoms with Gasteiger partial charge in [0.2, 0.25) is 0 Å². The van der Waals surface area contributed by atoms with Crippen LogP contribution in [0.2, 0.25) is 0 Å². The molecule has 1 aliphatic rings. The van der Waals surface area contributed by atoms with E-state index in [1.807, 2.05) is 24.3 Å². The molecule has 0 amide bonds. The molecule has 2 aromatic carbocycles. The van der Waals surface area contributed by atoms with Gasteiger partial charge in [-0.05, 0) is 42.2 Å². The van der Waals surface area contributed by atoms with Gasteiger partial charge in [-0.1, -0.05) is 36.4 Å². The Kier molecular flexibility index (Phi) is 4.42. The van der Waals surface area contributed by atoms with E-state index in [1.165, 1.54) is 12.1 Å². The van der Waals surface area contributed by atoms with E-state index in [-0.39, 0.29) is 11.5 Å². The maximum atomic E-state index is 12.5. The minimum absolute atomic E-state index is 0.00856. The summed E-state index contributed by atoms with van der Waals surface area (Å²) >= 11 is 0. The lowest BCUT2D eigenvalue weighted by atomic mass is 9.86. The Morgan fingerprint density at radius 1 is 1.00 bits per heavy atom. The lowest BCUT2D eigenvalue weighted by Gasteiger charge is -2.17. The molecule has 0 N–H and O–H groups in total. The van der Waals surface area contributed by atoms with Crippen LogP contribution in [0.15, 0.2) is 54.1 Å². The van der Waals surface area contributed by atoms with Crippen LogP contribution >= 0.6 is 0 Å². The molecule has 0 aromatic heterocycles. The van der Waals surface area contributed by atoms with E-state index < -0.39 is 12.8 Å². The monoisotopic (exact) mass is 332 g/mol. The molecule has 3 rings (SSSR count). The molecule has 0 fully saturated rings. The van der Waals surface area contributed by atoms with Crippen molar-refractivity contribution in [2.24, 2.45) is 0 Å². The zero-order valence-corrected chi connectivity index (χ0v) is 12.8. The number of alkyl halides is 3. The summed E-state index contributed by atoms with van der Waals surface area (Å²) in [6.07, 6.45) is -1.11. The SMILES string of the molecule is O=C1/C(=C/c2ccc(OCC(F)(F)F)cc2)CCc2ccccc21. The Labute approximate surface area is 137 Å². The molecule has 0 heterocycles. The smallest absolute Gasteiger partial charge is 0.422 e. The van der Waals surface area contributed by atoms with Crippen molar-refractivity contribution < 1.29 is 22.7 Å². The summed E-state index contributed by atoms with van der Waals surface area (Å²) in [5, 5.41) is 0. The summed E-state index contributed by atoms with van der Waals surface area (Å²) in [5.74, 6) is 0.157. The van der Waals surface area contributed by atoms with Crippen molar-refractivity contribution in [3.63, 3.8) is 0 Å². The summed E-state index contributed by atoms with van der Waals surface area (Å²) < 4.78 is 41.0. The molecule has 0 unspecified atom stereocenters. The molecule has 5 heteroatoms. The molecule has 124 valence electrons. The number of aryl methyl sites for hydroxylation is 1. The molecule has 0 saturated carbocycles. The van der Waals surface area contributed by atoms with Gasteiger partial charge < -0.3 is 4.74 Å². The maximum absolute atomic E-state index is 12.5. The fraction of sp³-hybridized carbons (Fsp3) is 0.211. The summed E-state index contributed by atoms with van der Waals surface area (Å²) in [6, 6.07) is 13.8. The van der Waals surface area contributed by atoms with Gasteiger partial charge in [-0.3, -0.25) is 4.79 Å². The number of carbonyl (C=O) groups is 1. The zero-order chi connectivity index (χ0) is 17.2. The highest BCUT2D eigenvalue weighted by Crippen LogP contribution is 2.27. The number of hydrogen-bond donors (Lipinski definition) is 0. The molecule has 1 aliphatic carbocycles. The predicted octanol–water partition coefficient (Wildman–Crippen LogP) is 4.84. The molecule has 2 nitrogen and oxygen atoms in total. The fourth-order valence-corrected chi connectivity index (χ4v) is 2.68. The summed E-state index contributed by atoms with van der Waals surface area (Å²) in [7, 11) is 0. The van der Waals surface area contributed by atoms with Gasteiger partial charge in [0, 0.05) is 11.1 Å². The molecule has 24 heavy (non-hydrogen) atoms. The van der Waals surface area contributed by atoms with Gasteiger partial charge in [-0.2, -0.15) is 13.2 Å². The molecule has 0 saturated heterocycles. The number of ketones is 1. The van der Waals surface area contributed by atoms with E-state index in [9.17, 15) is 18.0 Å². The van der Waals surface area contributed by atoms with Crippen LogP contribution in [0.3, 0.4) is 0 Å². The van der Waals surface area contributed by atoms with Crippen LogP contribution < -0.4 is 4.74 Å². The van der Waals surface area contributed by atoms with Crippen molar-refractivity contribution in [1.82, 2.24) is 0 Å². The van der Waals surface area contributed by atoms with Gasteiger partial charge in [0.25, 0.3) is 0 Å². The topological polar surface area (TPSA) is 26.3 Å². The maximum Gasteiger partial charge on any atom is 0.422 e. The van der Waals surface area contributed by atoms with E-state index in [2.05, 4.69) is 4.74 Å². The second-order valence-corrected chi connectivity index (χ2v) is 5.63. The Hall–Kier alpha value is -2.56. The number of carbonyl (C=O) groups excluding carboxylic acids is 1. The number of hydrogen-bond acceptors (Lipinski definition) is 2. The highest BCUT2D eigenvalue weighted by molar-refractivity contribution is 6.13. The zero-order valence-electron chi connectivity index (χ0n) is 12.8. The summed E-state index contributed by atoms with van der Waals surface area (Å²) in [5.41, 5.74) is 3.24. The van der Waals surface area contributed by atoms with Gasteiger partial charge in [-0.15, -0.1) is 0 Å². The minimum Gasteiger partial charge on any atom is -0.484 e. The largest absolute Gasteiger partial charge is 0.484 e. The van der Waals surface area contributed by atoms with Gasteiger partial charge in [0.05, 0.1) is 0 Å². The summed E-state index contributed by atoms with van der Waals surface area (Å²) in [4.78, 5) is 12.5. The molecule has 0 bridgehead atoms. The van der Waals surface area contributed by atoms with Crippen molar-refractivity contribution in [3.05, 3.63) is 70.8 Å². The van der Waals surface area contributed by atoms with E-state index in [1.54, 1.807) is 18.2 Å². The Morgan fingerprint density at radius 2 is 1.71 bits per heavy atom. The molecule has 0 aliphatic heterocycles. The van der Waals surface area contributed by atoms with Crippen molar-refractivity contribution in [1.29, 1.82) is 0 Å². The minimum atomic E-state index is -4.36. The quantitative estimate of drug-likeness (QED) is 0.752. The first-order chi connectivity index (χ1) is 11.4. The van der Waals surface area contributed by atoms with Crippen LogP contribution in [0, 0.1) is 0 Å². The highest BCUT2D eigenvalue weighted by Gasteiger charge is 2.28. The second kappa shape index (κ2) is 6.51. The number of rotatable bonds is 3. The van der Waals surface area contributed by atoms with E-state index in [4.69, 9.17) is 0 Å². The molecule has 0 spiro atoms. The number of allylic oxidation sites excluding steroid dienone is 1. The van der Waals surface area contributed by atoms with Gasteiger partial charge in [-0.25, -0.2) is 0 Å². The molecule has 0 atom stereocenters. The first-order valence-corrected chi connectivity index (χ1v) is 7.55. The molecule has 2 aromatic rings. The van der Waals surface area contributed by atoms with Crippen LogP contribution in [0.5, 0.6) is 5.75 Å². The van der Waals surface area contributed by atoms with Gasteiger partial charge >= 0.3 is 6.18 Å². The molecule has 0 radical (unpaired) electrons. The number of Topliss-reactive ketones (excluding diaryl/α,β-unsaturated/α-hetero) is 1. The summed E-state index contributed by atoms with van der Waals surface area (Å²) in [6.45, 7) is -1.32. The van der Waals surface area contributed by atoms with Crippen LogP contribution in [0.25, 0.3) is 6.08 Å². The van der Waals surface area contributed by atoms with Gasteiger partial charge in [0.1, 0.15) is 5.75 Å². The Balaban J connectivity index is 1.74. The third kappa shape index (κ3) is 3.85. The lowest BCUT2D eigenvalue weighted by molar-refractivity contribution is -0.153. The van der Waals surface area contributed by atoms with Crippen molar-refractivity contribution in [2.75, 3.05) is 6.61 Å². The number of ether oxygens (including phenoxy) is 1. The Morgan fingerprint density at radius 3 is 2.42 bits per heavy atom. The average molecular weight is 332 g/mol. The third-order valence-corrected chi connectivity index (χ3v) is 3.84. The van der Waals surface area contributed by atoms with Gasteiger partial charge in [0.15, 0.2) is 12.4 Å². The predicted molar refractivity (Wildman–Crippen MR) is 85.1 cm³/mol. The standard InChI is InChI=1S/C19H15F3O2/c20-19(21,22)12-24-16-9-5-13(6-10-16)11-15-8-7-14-3-1-2-4-17(14)18(15)23/h1-6,9-11H,7-8,12H2/b15-11+. The molecular weight excluding hydrogens is 317 g/mol. The molecular formula is C19H15F3O2. The highest BCUT2D eigenvalue weighted by atomic mass is 19.4. The van der Waals surface area contributed by atoms with E-state index in [0.29, 0.717) is 12.0 Å². The Bertz CT molecular complexity index is 774. The van der Waals surface area contributed by atoms with Crippen LogP contribution in [0.1, 0.15) is 27.9 Å². The number of halogens is 3. The van der Waals surface area contributed by atoms with Crippen LogP contribution in [-0.2, 0) is 6.42 Å². The normalized spacial score (nSPS) is 16.1. The van der Waals surface area contributed by atoms with Crippen molar-refractivity contribution in [3.8, 4) is 5.75 Å². The average Bonchev–Trinajstić information content (AvgIpc) is 2.56. The van der Waals surface area contributed by atoms with Crippen LogP contribution in [0.4, 0.5) is 13.2 Å². The fourth-order valence-electron chi connectivity index (χ4n) is 2.68. The van der Waals surface area contributed by atoms with Crippen molar-refractivity contribution >= 4 is 11.9 Å². The van der Waals surface area contributed by atoms with E-state index in [0.717, 1.165) is 23.1 Å².